The molecule has 3 saturated heterocycles. The topological polar surface area (TPSA) is 38.6 Å². The van der Waals surface area contributed by atoms with Gasteiger partial charge < -0.3 is 0 Å². The molecule has 3 rings (SSSR count). The summed E-state index contributed by atoms with van der Waals surface area (Å²) in [5.74, 6) is 0. The molecule has 3 aliphatic rings. The average Bonchev–Trinajstić information content (AvgIpc) is 2.66. The summed E-state index contributed by atoms with van der Waals surface area (Å²) in [6.45, 7) is 1.94. The minimum Gasteiger partial charge on any atom is -0.162 e. The van der Waals surface area contributed by atoms with Crippen LogP contribution in [0.15, 0.2) is 0 Å². The van der Waals surface area contributed by atoms with Gasteiger partial charge in [0.05, 0.1) is 17.5 Å². The van der Waals surface area contributed by atoms with Crippen molar-refractivity contribution in [2.24, 2.45) is 0 Å². The molecule has 0 amide bonds. The number of nitroso groups, excluding NO2 is 1. The van der Waals surface area contributed by atoms with E-state index in [2.05, 4.69) is 10.5 Å². The van der Waals surface area contributed by atoms with Crippen LogP contribution in [0, 0.1) is 4.91 Å². The Kier molecular flexibility index (Phi) is 1.49. The number of hydrogen-bond donors (Lipinski definition) is 1. The molecule has 0 aromatic heterocycles. The van der Waals surface area contributed by atoms with Crippen LogP contribution in [0.2, 0.25) is 0 Å². The zero-order valence-electron chi connectivity index (χ0n) is 7.65. The Morgan fingerprint density at radius 1 is 1.15 bits per heavy atom. The fourth-order valence-electron chi connectivity index (χ4n) is 2.88. The van der Waals surface area contributed by atoms with Crippen molar-refractivity contribution in [3.8, 4) is 0 Å². The van der Waals surface area contributed by atoms with Crippen LogP contribution in [-0.4, -0.2) is 40.2 Å². The summed E-state index contributed by atoms with van der Waals surface area (Å²) in [7, 11) is 0. The van der Waals surface area contributed by atoms with Crippen molar-refractivity contribution in [3.05, 3.63) is 4.91 Å². The number of nitrogens with one attached hydrogen (secondary N) is 1. The van der Waals surface area contributed by atoms with Gasteiger partial charge in [-0.15, -0.1) is 5.01 Å². The third-order valence-electron chi connectivity index (χ3n) is 3.46. The molecule has 0 bridgehead atoms. The van der Waals surface area contributed by atoms with E-state index < -0.39 is 0 Å². The van der Waals surface area contributed by atoms with Gasteiger partial charge in [-0.3, -0.25) is 0 Å². The first kappa shape index (κ1) is 7.55. The summed E-state index contributed by atoms with van der Waals surface area (Å²) in [6.07, 6.45) is 4.80. The smallest absolute Gasteiger partial charge is 0.162 e. The van der Waals surface area contributed by atoms with Gasteiger partial charge in [-0.05, 0) is 31.2 Å². The molecule has 2 atom stereocenters. The lowest BCUT2D eigenvalue weighted by Crippen LogP contribution is -2.64. The van der Waals surface area contributed by atoms with Crippen molar-refractivity contribution in [2.75, 3.05) is 13.1 Å². The summed E-state index contributed by atoms with van der Waals surface area (Å²) in [6, 6.07) is 1.05. The minimum absolute atomic E-state index is 0.473. The zero-order chi connectivity index (χ0) is 8.84. The molecule has 13 heavy (non-hydrogen) atoms. The molecule has 0 saturated carbocycles. The van der Waals surface area contributed by atoms with Crippen LogP contribution >= 0.6 is 0 Å². The van der Waals surface area contributed by atoms with Crippen LogP contribution in [0.1, 0.15) is 25.7 Å². The molecule has 0 radical (unpaired) electrons. The van der Waals surface area contributed by atoms with Crippen molar-refractivity contribution in [1.29, 1.82) is 0 Å². The van der Waals surface area contributed by atoms with Gasteiger partial charge in [-0.25, -0.2) is 0 Å². The Labute approximate surface area is 77.2 Å². The second kappa shape index (κ2) is 2.57. The molecule has 72 valence electrons. The first-order chi connectivity index (χ1) is 6.36. The van der Waals surface area contributed by atoms with Crippen molar-refractivity contribution in [3.63, 3.8) is 0 Å². The minimum atomic E-state index is 0.473. The molecular weight excluding hydrogens is 168 g/mol. The van der Waals surface area contributed by atoms with Gasteiger partial charge in [0.25, 0.3) is 4.98 Å². The summed E-state index contributed by atoms with van der Waals surface area (Å²) >= 11 is 0. The molecule has 0 aliphatic carbocycles. The normalized spacial score (nSPS) is 38.8. The predicted octanol–water partition coefficient (Wildman–Crippen LogP) is 0.0423. The van der Waals surface area contributed by atoms with E-state index >= 15 is 0 Å². The number of hydrogen-bond acceptors (Lipinski definition) is 2. The Morgan fingerprint density at radius 2 is 1.92 bits per heavy atom. The first-order valence-corrected chi connectivity index (χ1v) is 5.13. The van der Waals surface area contributed by atoms with Crippen LogP contribution in [0.5, 0.6) is 0 Å². The highest BCUT2D eigenvalue weighted by Crippen LogP contribution is 2.31. The quantitative estimate of drug-likeness (QED) is 0.538. The first-order valence-electron chi connectivity index (χ1n) is 5.13. The molecule has 0 unspecified atom stereocenters. The second-order valence-corrected chi connectivity index (χ2v) is 4.15. The third kappa shape index (κ3) is 0.964. The average molecular weight is 183 g/mol. The lowest BCUT2D eigenvalue weighted by Gasteiger charge is -2.33. The van der Waals surface area contributed by atoms with Gasteiger partial charge in [-0.2, -0.15) is 5.01 Å². The Bertz CT molecular complexity index is 244. The maximum absolute atomic E-state index is 11.5. The van der Waals surface area contributed by atoms with Gasteiger partial charge in [0.15, 0.2) is 0 Å². The van der Waals surface area contributed by atoms with E-state index in [1.807, 2.05) is 5.01 Å². The lowest BCUT2D eigenvalue weighted by molar-refractivity contribution is -0.790. The molecule has 5 nitrogen and oxygen atoms in total. The van der Waals surface area contributed by atoms with Crippen molar-refractivity contribution >= 4 is 0 Å². The fraction of sp³-hybridized carbons (Fsp3) is 1.00. The SMILES string of the molecule is O=[N+]1NN2CCC[C@@H]2[C@H]2CCCN21. The summed E-state index contributed by atoms with van der Waals surface area (Å²) < 4.78 is 0. The van der Waals surface area contributed by atoms with E-state index in [9.17, 15) is 4.91 Å². The third-order valence-corrected chi connectivity index (χ3v) is 3.46. The summed E-state index contributed by atoms with van der Waals surface area (Å²) in [5.41, 5.74) is 2.89. The molecule has 0 aromatic carbocycles. The van der Waals surface area contributed by atoms with Crippen molar-refractivity contribution < 1.29 is 4.98 Å². The highest BCUT2D eigenvalue weighted by Gasteiger charge is 2.50. The Morgan fingerprint density at radius 3 is 2.85 bits per heavy atom. The standard InChI is InChI=1S/C8H15N4O/c13-12-9-10-5-1-3-7(10)8-4-2-6-11(8)12/h7-8H,1-6H2,(H,9,13)/q+1/t7-,8-/m1/s1. The Balaban J connectivity index is 1.88. The van der Waals surface area contributed by atoms with E-state index in [4.69, 9.17) is 0 Å². The van der Waals surface area contributed by atoms with E-state index in [-0.39, 0.29) is 0 Å². The Hall–Kier alpha value is -0.840. The van der Waals surface area contributed by atoms with Crippen molar-refractivity contribution in [2.45, 2.75) is 37.8 Å². The highest BCUT2D eigenvalue weighted by molar-refractivity contribution is 4.90. The second-order valence-electron chi connectivity index (χ2n) is 4.15. The number of fused-ring (bicyclic) bond motifs is 3. The molecule has 3 fully saturated rings. The van der Waals surface area contributed by atoms with Gasteiger partial charge in [0, 0.05) is 6.54 Å². The van der Waals surface area contributed by atoms with Crippen LogP contribution in [0.3, 0.4) is 0 Å². The summed E-state index contributed by atoms with van der Waals surface area (Å²) in [4.78, 5) is 12.4. The van der Waals surface area contributed by atoms with E-state index in [0.717, 1.165) is 24.5 Å². The number of rotatable bonds is 0. The van der Waals surface area contributed by atoms with Crippen LogP contribution < -0.4 is 5.53 Å². The monoisotopic (exact) mass is 183 g/mol. The van der Waals surface area contributed by atoms with Crippen LogP contribution in [0.4, 0.5) is 0 Å². The predicted molar refractivity (Wildman–Crippen MR) is 46.2 cm³/mol. The maximum Gasteiger partial charge on any atom is 0.264 e. The van der Waals surface area contributed by atoms with E-state index in [1.165, 1.54) is 19.3 Å². The number of nitrogens with zero attached hydrogens (tertiary/aromatic N) is 3. The van der Waals surface area contributed by atoms with Crippen LogP contribution in [-0.2, 0) is 0 Å². The molecule has 3 aliphatic heterocycles. The molecule has 0 aromatic rings. The van der Waals surface area contributed by atoms with E-state index in [0.29, 0.717) is 12.1 Å². The maximum atomic E-state index is 11.5. The highest BCUT2D eigenvalue weighted by atomic mass is 16.4. The van der Waals surface area contributed by atoms with E-state index in [1.54, 1.807) is 0 Å². The lowest BCUT2D eigenvalue weighted by atomic mass is 10.0. The largest absolute Gasteiger partial charge is 0.264 e. The molecule has 0 spiro atoms. The summed E-state index contributed by atoms with van der Waals surface area (Å²) in [5, 5.41) is 4.05. The van der Waals surface area contributed by atoms with Gasteiger partial charge in [-0.1, -0.05) is 0 Å². The molecule has 3 heterocycles. The van der Waals surface area contributed by atoms with Gasteiger partial charge in [0.2, 0.25) is 0 Å². The molecular formula is C8H15N4O+. The fourth-order valence-corrected chi connectivity index (χ4v) is 2.88. The molecule has 5 heteroatoms. The number of hydrazine groups is 3. The van der Waals surface area contributed by atoms with Gasteiger partial charge in [0.1, 0.15) is 6.04 Å². The van der Waals surface area contributed by atoms with Crippen LogP contribution in [0.25, 0.3) is 0 Å². The zero-order valence-corrected chi connectivity index (χ0v) is 7.65. The molecule has 1 N–H and O–H groups in total. The van der Waals surface area contributed by atoms with Gasteiger partial charge >= 0.3 is 0 Å². The van der Waals surface area contributed by atoms with Crippen molar-refractivity contribution in [1.82, 2.24) is 15.6 Å².